The van der Waals surface area contributed by atoms with Crippen LogP contribution < -0.4 is 10.1 Å². The molecule has 5 nitrogen and oxygen atoms in total. The molecule has 1 atom stereocenters. The molecule has 1 amide bonds. The van der Waals surface area contributed by atoms with Gasteiger partial charge in [0, 0.05) is 5.69 Å². The minimum Gasteiger partial charge on any atom is -0.482 e. The first-order valence-corrected chi connectivity index (χ1v) is 9.18. The van der Waals surface area contributed by atoms with Crippen molar-refractivity contribution in [3.05, 3.63) is 59.4 Å². The lowest BCUT2D eigenvalue weighted by Gasteiger charge is -2.38. The average molecular weight is 354 g/mol. The number of ether oxygens (including phenoxy) is 1. The Balaban J connectivity index is 1.63. The molecule has 2 N–H and O–H groups in total. The number of aryl methyl sites for hydroxylation is 2. The van der Waals surface area contributed by atoms with E-state index in [-0.39, 0.29) is 30.6 Å². The van der Waals surface area contributed by atoms with Crippen LogP contribution in [0.2, 0.25) is 0 Å². The van der Waals surface area contributed by atoms with Gasteiger partial charge < -0.3 is 15.2 Å². The van der Waals surface area contributed by atoms with E-state index in [9.17, 15) is 9.90 Å². The number of hydrogen-bond acceptors (Lipinski definition) is 4. The summed E-state index contributed by atoms with van der Waals surface area (Å²) in [6, 6.07) is 13.6. The van der Waals surface area contributed by atoms with E-state index in [1.807, 2.05) is 56.3 Å². The number of aliphatic hydroxyl groups is 1. The molecule has 0 unspecified atom stereocenters. The second-order valence-corrected chi connectivity index (χ2v) is 6.88. The van der Waals surface area contributed by atoms with Gasteiger partial charge >= 0.3 is 0 Å². The van der Waals surface area contributed by atoms with Crippen LogP contribution in [-0.4, -0.2) is 28.7 Å². The zero-order valence-electron chi connectivity index (χ0n) is 15.3. The molecule has 1 aromatic carbocycles. The molecule has 1 aliphatic carbocycles. The maximum absolute atomic E-state index is 12.5. The molecule has 0 aliphatic heterocycles. The van der Waals surface area contributed by atoms with Gasteiger partial charge in [0.05, 0.1) is 17.8 Å². The Bertz CT molecular complexity index is 742. The molecule has 1 heterocycles. The minimum atomic E-state index is -0.259. The van der Waals surface area contributed by atoms with Crippen LogP contribution >= 0.6 is 0 Å². The molecule has 5 heteroatoms. The molecule has 2 aromatic rings. The zero-order valence-corrected chi connectivity index (χ0v) is 15.3. The number of carbonyl (C=O) groups is 1. The molecular formula is C21H26N2O3. The lowest BCUT2D eigenvalue weighted by atomic mass is 9.75. The second-order valence-electron chi connectivity index (χ2n) is 6.88. The molecule has 1 aliphatic rings. The van der Waals surface area contributed by atoms with Crippen LogP contribution in [0.15, 0.2) is 42.5 Å². The summed E-state index contributed by atoms with van der Waals surface area (Å²) in [5.41, 5.74) is 2.86. The van der Waals surface area contributed by atoms with Crippen molar-refractivity contribution in [3.63, 3.8) is 0 Å². The van der Waals surface area contributed by atoms with E-state index >= 15 is 0 Å². The van der Waals surface area contributed by atoms with Crippen molar-refractivity contribution in [2.45, 2.75) is 45.3 Å². The van der Waals surface area contributed by atoms with Crippen LogP contribution in [0, 0.1) is 12.8 Å². The fourth-order valence-electron chi connectivity index (χ4n) is 3.38. The number of hydrogen-bond donors (Lipinski definition) is 2. The summed E-state index contributed by atoms with van der Waals surface area (Å²) in [5.74, 6) is 0.745. The molecule has 0 radical (unpaired) electrons. The van der Waals surface area contributed by atoms with Crippen molar-refractivity contribution in [1.29, 1.82) is 0 Å². The number of pyridine rings is 1. The van der Waals surface area contributed by atoms with Gasteiger partial charge in [0.25, 0.3) is 5.91 Å². The van der Waals surface area contributed by atoms with Gasteiger partial charge in [0.15, 0.2) is 6.61 Å². The normalized spacial score (nSPS) is 20.1. The second kappa shape index (κ2) is 8.32. The lowest BCUT2D eigenvalue weighted by molar-refractivity contribution is -0.125. The smallest absolute Gasteiger partial charge is 0.258 e. The van der Waals surface area contributed by atoms with E-state index in [0.717, 1.165) is 23.4 Å². The van der Waals surface area contributed by atoms with Crippen LogP contribution in [0.5, 0.6) is 5.75 Å². The van der Waals surface area contributed by atoms with E-state index in [1.165, 1.54) is 0 Å². The van der Waals surface area contributed by atoms with Crippen molar-refractivity contribution >= 4 is 5.91 Å². The first-order valence-electron chi connectivity index (χ1n) is 9.18. The van der Waals surface area contributed by atoms with Gasteiger partial charge in [0.1, 0.15) is 5.75 Å². The third-order valence-electron chi connectivity index (χ3n) is 4.86. The number of aliphatic hydroxyl groups excluding tert-OH is 1. The summed E-state index contributed by atoms with van der Waals surface area (Å²) in [7, 11) is 0. The highest BCUT2D eigenvalue weighted by atomic mass is 16.5. The Labute approximate surface area is 154 Å². The highest BCUT2D eigenvalue weighted by Crippen LogP contribution is 2.38. The maximum atomic E-state index is 12.5. The third kappa shape index (κ3) is 4.41. The molecule has 3 rings (SSSR count). The molecule has 1 aromatic heterocycles. The largest absolute Gasteiger partial charge is 0.482 e. The van der Waals surface area contributed by atoms with Gasteiger partial charge in [-0.2, -0.15) is 0 Å². The molecule has 0 saturated heterocycles. The fraction of sp³-hybridized carbons (Fsp3) is 0.429. The topological polar surface area (TPSA) is 71.5 Å². The summed E-state index contributed by atoms with van der Waals surface area (Å²) in [4.78, 5) is 16.9. The summed E-state index contributed by atoms with van der Waals surface area (Å²) in [6.45, 7) is 3.91. The fourth-order valence-corrected chi connectivity index (χ4v) is 3.38. The summed E-state index contributed by atoms with van der Waals surface area (Å²) >= 11 is 0. The Morgan fingerprint density at radius 1 is 1.27 bits per heavy atom. The van der Waals surface area contributed by atoms with E-state index in [1.54, 1.807) is 0 Å². The summed E-state index contributed by atoms with van der Waals surface area (Å²) in [6.07, 6.45) is 1.92. The van der Waals surface area contributed by atoms with Gasteiger partial charge in [-0.05, 0) is 49.8 Å². The number of aromatic nitrogens is 1. The van der Waals surface area contributed by atoms with Gasteiger partial charge in [0.2, 0.25) is 0 Å². The number of nitrogens with zero attached hydrogens (tertiary/aromatic N) is 1. The molecule has 0 spiro atoms. The zero-order chi connectivity index (χ0) is 18.5. The first kappa shape index (κ1) is 18.4. The van der Waals surface area contributed by atoms with E-state index < -0.39 is 0 Å². The minimum absolute atomic E-state index is 0.0453. The molecule has 26 heavy (non-hydrogen) atoms. The Morgan fingerprint density at radius 3 is 2.65 bits per heavy atom. The van der Waals surface area contributed by atoms with Gasteiger partial charge in [-0.3, -0.25) is 9.78 Å². The molecule has 1 saturated carbocycles. The highest BCUT2D eigenvalue weighted by Gasteiger charge is 2.35. The standard InChI is InChI=1S/C21H26N2O3/c1-3-18-19(10-9-14(2)22-18)26-13-20(25)23-21(16-11-17(24)12-16)15-7-5-4-6-8-15/h4-10,16-17,21,24H,3,11-13H2,1-2H3,(H,23,25)/t16?,17?,21-/m1/s1. The monoisotopic (exact) mass is 354 g/mol. The van der Waals surface area contributed by atoms with Crippen molar-refractivity contribution in [3.8, 4) is 5.75 Å². The highest BCUT2D eigenvalue weighted by molar-refractivity contribution is 5.78. The van der Waals surface area contributed by atoms with Gasteiger partial charge in [-0.1, -0.05) is 37.3 Å². The summed E-state index contributed by atoms with van der Waals surface area (Å²) < 4.78 is 5.71. The van der Waals surface area contributed by atoms with Crippen LogP contribution in [0.4, 0.5) is 0 Å². The number of amides is 1. The van der Waals surface area contributed by atoms with E-state index in [0.29, 0.717) is 18.6 Å². The predicted molar refractivity (Wildman–Crippen MR) is 99.9 cm³/mol. The Morgan fingerprint density at radius 2 is 2.00 bits per heavy atom. The summed E-state index contributed by atoms with van der Waals surface area (Å²) in [5, 5.41) is 12.7. The van der Waals surface area contributed by atoms with Crippen LogP contribution in [-0.2, 0) is 11.2 Å². The van der Waals surface area contributed by atoms with Crippen LogP contribution in [0.1, 0.15) is 42.8 Å². The Hall–Kier alpha value is -2.40. The molecule has 138 valence electrons. The first-order chi connectivity index (χ1) is 12.6. The number of nitrogens with one attached hydrogen (secondary N) is 1. The molecule has 0 bridgehead atoms. The molecule has 1 fully saturated rings. The van der Waals surface area contributed by atoms with Crippen molar-refractivity contribution in [2.75, 3.05) is 6.61 Å². The molecular weight excluding hydrogens is 328 g/mol. The van der Waals surface area contributed by atoms with Gasteiger partial charge in [-0.15, -0.1) is 0 Å². The van der Waals surface area contributed by atoms with Gasteiger partial charge in [-0.25, -0.2) is 0 Å². The Kier molecular flexibility index (Phi) is 5.89. The number of benzene rings is 1. The predicted octanol–water partition coefficient (Wildman–Crippen LogP) is 2.96. The van der Waals surface area contributed by atoms with E-state index in [2.05, 4.69) is 10.3 Å². The van der Waals surface area contributed by atoms with Crippen LogP contribution in [0.3, 0.4) is 0 Å². The quantitative estimate of drug-likeness (QED) is 0.802. The SMILES string of the molecule is CCc1nc(C)ccc1OCC(=O)N[C@H](c1ccccc1)C1CC(O)C1. The van der Waals surface area contributed by atoms with Crippen molar-refractivity contribution in [1.82, 2.24) is 10.3 Å². The van der Waals surface area contributed by atoms with Crippen LogP contribution in [0.25, 0.3) is 0 Å². The lowest BCUT2D eigenvalue weighted by Crippen LogP contribution is -2.42. The average Bonchev–Trinajstić information content (AvgIpc) is 2.63. The number of rotatable bonds is 7. The van der Waals surface area contributed by atoms with E-state index in [4.69, 9.17) is 4.74 Å². The van der Waals surface area contributed by atoms with Crippen molar-refractivity contribution in [2.24, 2.45) is 5.92 Å². The number of carbonyl (C=O) groups excluding carboxylic acids is 1. The maximum Gasteiger partial charge on any atom is 0.258 e. The van der Waals surface area contributed by atoms with Crippen molar-refractivity contribution < 1.29 is 14.6 Å². The third-order valence-corrected chi connectivity index (χ3v) is 4.86.